The van der Waals surface area contributed by atoms with Crippen LogP contribution in [0.2, 0.25) is 0 Å². The van der Waals surface area contributed by atoms with Crippen molar-refractivity contribution in [3.05, 3.63) is 57.4 Å². The van der Waals surface area contributed by atoms with Crippen LogP contribution in [-0.4, -0.2) is 42.5 Å². The Balaban J connectivity index is 1.82. The number of aryl methyl sites for hydroxylation is 1. The molecule has 0 unspecified atom stereocenters. The smallest absolute Gasteiger partial charge is 0.261 e. The Kier molecular flexibility index (Phi) is 4.30. The molecule has 0 fully saturated rings. The second-order valence-electron chi connectivity index (χ2n) is 6.06. The summed E-state index contributed by atoms with van der Waals surface area (Å²) in [6.07, 6.45) is 3.09. The number of pyridine rings is 1. The van der Waals surface area contributed by atoms with Crippen LogP contribution in [0.4, 0.5) is 0 Å². The fourth-order valence-corrected chi connectivity index (χ4v) is 2.94. The highest BCUT2D eigenvalue weighted by molar-refractivity contribution is 5.99. The minimum Gasteiger partial charge on any atom is -0.348 e. The molecule has 1 aromatic carbocycles. The molecule has 120 valence electrons. The molecule has 1 aliphatic heterocycles. The predicted molar refractivity (Wildman–Crippen MR) is 91.8 cm³/mol. The second-order valence-corrected chi connectivity index (χ2v) is 6.06. The third kappa shape index (κ3) is 3.19. The first kappa shape index (κ1) is 15.5. The van der Waals surface area contributed by atoms with E-state index in [9.17, 15) is 9.59 Å². The number of benzene rings is 1. The van der Waals surface area contributed by atoms with Crippen LogP contribution >= 0.6 is 0 Å². The van der Waals surface area contributed by atoms with Gasteiger partial charge in [-0.05, 0) is 32.0 Å². The first-order valence-electron chi connectivity index (χ1n) is 7.82. The normalized spacial score (nSPS) is 15.5. The Morgan fingerprint density at radius 1 is 1.35 bits per heavy atom. The molecule has 0 atom stereocenters. The van der Waals surface area contributed by atoms with Gasteiger partial charge < -0.3 is 15.2 Å². The molecule has 0 spiro atoms. The van der Waals surface area contributed by atoms with Crippen molar-refractivity contribution in [1.82, 2.24) is 15.2 Å². The van der Waals surface area contributed by atoms with E-state index in [1.165, 1.54) is 5.57 Å². The van der Waals surface area contributed by atoms with E-state index in [0.29, 0.717) is 6.54 Å². The van der Waals surface area contributed by atoms with Gasteiger partial charge in [-0.3, -0.25) is 9.59 Å². The average Bonchev–Trinajstić information content (AvgIpc) is 2.54. The molecule has 0 radical (unpaired) electrons. The molecule has 0 aliphatic carbocycles. The van der Waals surface area contributed by atoms with Gasteiger partial charge in [-0.25, -0.2) is 0 Å². The zero-order chi connectivity index (χ0) is 16.4. The molecule has 3 rings (SSSR count). The van der Waals surface area contributed by atoms with Crippen molar-refractivity contribution >= 4 is 16.8 Å². The zero-order valence-electron chi connectivity index (χ0n) is 13.5. The summed E-state index contributed by atoms with van der Waals surface area (Å²) in [5, 5.41) is 3.78. The first-order valence-corrected chi connectivity index (χ1v) is 7.82. The van der Waals surface area contributed by atoms with E-state index in [-0.39, 0.29) is 17.0 Å². The molecule has 1 amide bonds. The molecule has 0 bridgehead atoms. The summed E-state index contributed by atoms with van der Waals surface area (Å²) in [6.45, 7) is 4.22. The molecule has 5 nitrogen and oxygen atoms in total. The zero-order valence-corrected chi connectivity index (χ0v) is 13.5. The minimum absolute atomic E-state index is 0.206. The Morgan fingerprint density at radius 2 is 2.13 bits per heavy atom. The van der Waals surface area contributed by atoms with Crippen LogP contribution in [0.3, 0.4) is 0 Å². The molecule has 1 aromatic heterocycles. The van der Waals surface area contributed by atoms with Crippen molar-refractivity contribution in [3.63, 3.8) is 0 Å². The van der Waals surface area contributed by atoms with E-state index < -0.39 is 0 Å². The lowest BCUT2D eigenvalue weighted by Crippen LogP contribution is -2.34. The highest BCUT2D eigenvalue weighted by atomic mass is 16.2. The minimum atomic E-state index is -0.337. The number of para-hydroxylation sites is 1. The Hall–Kier alpha value is -2.40. The van der Waals surface area contributed by atoms with Crippen LogP contribution in [0.15, 0.2) is 40.7 Å². The maximum atomic E-state index is 12.5. The monoisotopic (exact) mass is 311 g/mol. The van der Waals surface area contributed by atoms with Gasteiger partial charge in [0.15, 0.2) is 0 Å². The van der Waals surface area contributed by atoms with Crippen molar-refractivity contribution in [2.24, 2.45) is 0 Å². The summed E-state index contributed by atoms with van der Waals surface area (Å²) in [6, 6.07) is 7.52. The number of H-pyrrole nitrogens is 1. The van der Waals surface area contributed by atoms with Gasteiger partial charge in [-0.15, -0.1) is 0 Å². The van der Waals surface area contributed by atoms with Gasteiger partial charge in [-0.2, -0.15) is 0 Å². The summed E-state index contributed by atoms with van der Waals surface area (Å²) in [4.78, 5) is 29.7. The van der Waals surface area contributed by atoms with E-state index in [1.807, 2.05) is 31.2 Å². The largest absolute Gasteiger partial charge is 0.348 e. The van der Waals surface area contributed by atoms with Crippen molar-refractivity contribution in [1.29, 1.82) is 0 Å². The van der Waals surface area contributed by atoms with Crippen molar-refractivity contribution < 1.29 is 4.79 Å². The fourth-order valence-electron chi connectivity index (χ4n) is 2.94. The summed E-state index contributed by atoms with van der Waals surface area (Å²) in [7, 11) is 2.07. The second kappa shape index (κ2) is 6.38. The van der Waals surface area contributed by atoms with Gasteiger partial charge in [0.05, 0.1) is 0 Å². The third-order valence-corrected chi connectivity index (χ3v) is 4.39. The van der Waals surface area contributed by atoms with Crippen molar-refractivity contribution in [3.8, 4) is 0 Å². The number of carbonyl (C=O) groups is 1. The number of rotatable bonds is 3. The van der Waals surface area contributed by atoms with Gasteiger partial charge in [0.1, 0.15) is 5.56 Å². The number of aromatic nitrogens is 1. The van der Waals surface area contributed by atoms with Crippen LogP contribution in [0.1, 0.15) is 22.3 Å². The van der Waals surface area contributed by atoms with E-state index in [1.54, 1.807) is 0 Å². The molecule has 0 saturated carbocycles. The molecule has 2 N–H and O–H groups in total. The first-order chi connectivity index (χ1) is 11.1. The summed E-state index contributed by atoms with van der Waals surface area (Å²) in [5.41, 5.74) is 2.56. The lowest BCUT2D eigenvalue weighted by atomic mass is 10.0. The number of nitrogens with zero attached hydrogens (tertiary/aromatic N) is 1. The lowest BCUT2D eigenvalue weighted by Gasteiger charge is -2.22. The van der Waals surface area contributed by atoms with Crippen LogP contribution in [0.25, 0.3) is 10.9 Å². The molecule has 1 aliphatic rings. The lowest BCUT2D eigenvalue weighted by molar-refractivity contribution is 0.0954. The van der Waals surface area contributed by atoms with E-state index in [2.05, 4.69) is 28.3 Å². The van der Waals surface area contributed by atoms with E-state index >= 15 is 0 Å². The van der Waals surface area contributed by atoms with Gasteiger partial charge >= 0.3 is 0 Å². The Bertz CT molecular complexity index is 836. The number of aromatic amines is 1. The molecule has 23 heavy (non-hydrogen) atoms. The summed E-state index contributed by atoms with van der Waals surface area (Å²) < 4.78 is 0. The van der Waals surface area contributed by atoms with Gasteiger partial charge in [-0.1, -0.05) is 29.8 Å². The van der Waals surface area contributed by atoms with Crippen molar-refractivity contribution in [2.75, 3.05) is 26.7 Å². The highest BCUT2D eigenvalue weighted by Gasteiger charge is 2.17. The molecule has 2 aromatic rings. The number of nitrogens with one attached hydrogen (secondary N) is 2. The molecule has 2 heterocycles. The van der Waals surface area contributed by atoms with E-state index in [4.69, 9.17) is 0 Å². The van der Waals surface area contributed by atoms with Gasteiger partial charge in [0.25, 0.3) is 11.5 Å². The van der Waals surface area contributed by atoms with Gasteiger partial charge in [0, 0.05) is 30.5 Å². The third-order valence-electron chi connectivity index (χ3n) is 4.39. The highest BCUT2D eigenvalue weighted by Crippen LogP contribution is 2.17. The number of amides is 1. The average molecular weight is 311 g/mol. The standard InChI is InChI=1S/C18H21N3O2/c1-12-14-5-3-4-6-15(14)20-18(23)16(12)17(22)19-11-13-7-9-21(2)10-8-13/h3-7H,8-11H2,1-2H3,(H,19,22)(H,20,23). The number of fused-ring (bicyclic) bond motifs is 1. The summed E-state index contributed by atoms with van der Waals surface area (Å²) in [5.74, 6) is -0.311. The molecule has 0 saturated heterocycles. The molecular weight excluding hydrogens is 290 g/mol. The van der Waals surface area contributed by atoms with Gasteiger partial charge in [0.2, 0.25) is 0 Å². The van der Waals surface area contributed by atoms with Crippen LogP contribution < -0.4 is 10.9 Å². The molecular formula is C18H21N3O2. The quantitative estimate of drug-likeness (QED) is 0.850. The van der Waals surface area contributed by atoms with Crippen LogP contribution in [0.5, 0.6) is 0 Å². The van der Waals surface area contributed by atoms with Crippen LogP contribution in [-0.2, 0) is 0 Å². The number of hydrogen-bond donors (Lipinski definition) is 2. The number of likely N-dealkylation sites (N-methyl/N-ethyl adjacent to an activating group) is 1. The topological polar surface area (TPSA) is 65.2 Å². The maximum absolute atomic E-state index is 12.5. The Morgan fingerprint density at radius 3 is 2.87 bits per heavy atom. The maximum Gasteiger partial charge on any atom is 0.261 e. The predicted octanol–water partition coefficient (Wildman–Crippen LogP) is 1.83. The van der Waals surface area contributed by atoms with Crippen molar-refractivity contribution in [2.45, 2.75) is 13.3 Å². The van der Waals surface area contributed by atoms with Crippen LogP contribution in [0, 0.1) is 6.92 Å². The number of carbonyl (C=O) groups excluding carboxylic acids is 1. The SMILES string of the molecule is Cc1c(C(=O)NCC2=CCN(C)CC2)c(=O)[nH]c2ccccc12. The fraction of sp³-hybridized carbons (Fsp3) is 0.333. The molecule has 5 heteroatoms. The van der Waals surface area contributed by atoms with E-state index in [0.717, 1.165) is 36.0 Å². The number of hydrogen-bond acceptors (Lipinski definition) is 3. The Labute approximate surface area is 135 Å². The summed E-state index contributed by atoms with van der Waals surface area (Å²) >= 11 is 0.